The monoisotopic (exact) mass is 247 g/mol. The molecule has 0 radical (unpaired) electrons. The van der Waals surface area contributed by atoms with E-state index < -0.39 is 0 Å². The first-order chi connectivity index (χ1) is 8.33. The summed E-state index contributed by atoms with van der Waals surface area (Å²) in [7, 11) is 3.26. The lowest BCUT2D eigenvalue weighted by atomic mass is 10.3. The average molecular weight is 247 g/mol. The first-order valence-electron chi connectivity index (χ1n) is 5.13. The third kappa shape index (κ3) is 2.85. The fourth-order valence-electron chi connectivity index (χ4n) is 1.40. The van der Waals surface area contributed by atoms with Gasteiger partial charge >= 0.3 is 0 Å². The van der Waals surface area contributed by atoms with E-state index in [1.54, 1.807) is 25.6 Å². The fraction of sp³-hybridized carbons (Fsp3) is 0.154. The van der Waals surface area contributed by atoms with E-state index in [0.29, 0.717) is 0 Å². The molecule has 3 nitrogen and oxygen atoms in total. The van der Waals surface area contributed by atoms with Gasteiger partial charge in [0.25, 0.3) is 0 Å². The molecule has 17 heavy (non-hydrogen) atoms. The number of nitrogens with zero attached hydrogens (tertiary/aromatic N) is 1. The van der Waals surface area contributed by atoms with Gasteiger partial charge in [-0.1, -0.05) is 6.07 Å². The molecular weight excluding hydrogens is 234 g/mol. The van der Waals surface area contributed by atoms with Crippen molar-refractivity contribution in [2.75, 3.05) is 14.2 Å². The first-order valence-corrected chi connectivity index (χ1v) is 6.01. The van der Waals surface area contributed by atoms with Gasteiger partial charge in [-0.25, -0.2) is 0 Å². The predicted octanol–water partition coefficient (Wildman–Crippen LogP) is 3.52. The summed E-state index contributed by atoms with van der Waals surface area (Å²) in [5.74, 6) is 1.50. The summed E-state index contributed by atoms with van der Waals surface area (Å²) in [5.41, 5.74) is 0.764. The number of thiophene rings is 1. The summed E-state index contributed by atoms with van der Waals surface area (Å²) in [6.45, 7) is 0. The van der Waals surface area contributed by atoms with Gasteiger partial charge in [0.05, 0.1) is 14.2 Å². The quantitative estimate of drug-likeness (QED) is 0.774. The SMILES string of the molecule is COc1ccc(OC)c(N=Cc2cccs2)c1. The van der Waals surface area contributed by atoms with Crippen LogP contribution in [-0.4, -0.2) is 20.4 Å². The molecule has 2 aromatic rings. The van der Waals surface area contributed by atoms with Crippen LogP contribution in [0.1, 0.15) is 4.88 Å². The van der Waals surface area contributed by atoms with Crippen LogP contribution in [0.3, 0.4) is 0 Å². The van der Waals surface area contributed by atoms with Crippen molar-refractivity contribution in [2.24, 2.45) is 4.99 Å². The lowest BCUT2D eigenvalue weighted by molar-refractivity contribution is 0.404. The molecule has 0 saturated carbocycles. The Morgan fingerprint density at radius 3 is 2.71 bits per heavy atom. The smallest absolute Gasteiger partial charge is 0.144 e. The van der Waals surface area contributed by atoms with Crippen molar-refractivity contribution in [3.8, 4) is 11.5 Å². The molecule has 0 unspecified atom stereocenters. The number of aliphatic imine (C=N–C) groups is 1. The summed E-state index contributed by atoms with van der Waals surface area (Å²) in [5, 5.41) is 2.02. The molecule has 1 aromatic heterocycles. The normalized spacial score (nSPS) is 10.7. The number of rotatable bonds is 4. The molecule has 0 atom stereocenters. The van der Waals surface area contributed by atoms with Gasteiger partial charge in [-0.05, 0) is 23.6 Å². The molecule has 0 spiro atoms. The number of methoxy groups -OCH3 is 2. The van der Waals surface area contributed by atoms with E-state index in [1.165, 1.54) is 0 Å². The largest absolute Gasteiger partial charge is 0.497 e. The minimum absolute atomic E-state index is 0.735. The molecule has 0 N–H and O–H groups in total. The van der Waals surface area contributed by atoms with Gasteiger partial charge in [-0.3, -0.25) is 4.99 Å². The lowest BCUT2D eigenvalue weighted by Crippen LogP contribution is -1.86. The van der Waals surface area contributed by atoms with E-state index in [2.05, 4.69) is 4.99 Å². The Morgan fingerprint density at radius 1 is 1.18 bits per heavy atom. The van der Waals surface area contributed by atoms with E-state index in [-0.39, 0.29) is 0 Å². The van der Waals surface area contributed by atoms with Crippen LogP contribution < -0.4 is 9.47 Å². The molecule has 0 fully saturated rings. The van der Waals surface area contributed by atoms with Crippen LogP contribution in [0.4, 0.5) is 5.69 Å². The molecule has 0 aliphatic heterocycles. The van der Waals surface area contributed by atoms with Crippen LogP contribution in [0.5, 0.6) is 11.5 Å². The highest BCUT2D eigenvalue weighted by Crippen LogP contribution is 2.31. The highest BCUT2D eigenvalue weighted by molar-refractivity contribution is 7.11. The van der Waals surface area contributed by atoms with E-state index in [4.69, 9.17) is 9.47 Å². The van der Waals surface area contributed by atoms with Crippen LogP contribution in [0.15, 0.2) is 40.7 Å². The molecule has 88 valence electrons. The second-order valence-corrected chi connectivity index (χ2v) is 4.29. The highest BCUT2D eigenvalue weighted by atomic mass is 32.1. The molecule has 4 heteroatoms. The van der Waals surface area contributed by atoms with Crippen LogP contribution >= 0.6 is 11.3 Å². The Balaban J connectivity index is 2.29. The maximum Gasteiger partial charge on any atom is 0.144 e. The van der Waals surface area contributed by atoms with Crippen molar-refractivity contribution in [2.45, 2.75) is 0 Å². The van der Waals surface area contributed by atoms with Crippen LogP contribution in [0.2, 0.25) is 0 Å². The molecule has 0 aliphatic rings. The molecule has 0 aliphatic carbocycles. The summed E-state index contributed by atoms with van der Waals surface area (Å²) >= 11 is 1.64. The van der Waals surface area contributed by atoms with Crippen LogP contribution in [0, 0.1) is 0 Å². The van der Waals surface area contributed by atoms with Crippen molar-refractivity contribution in [3.05, 3.63) is 40.6 Å². The lowest BCUT2D eigenvalue weighted by Gasteiger charge is -2.06. The fourth-order valence-corrected chi connectivity index (χ4v) is 1.98. The molecule has 1 heterocycles. The maximum absolute atomic E-state index is 5.25. The molecule has 0 bridgehead atoms. The van der Waals surface area contributed by atoms with Crippen molar-refractivity contribution in [3.63, 3.8) is 0 Å². The number of benzene rings is 1. The van der Waals surface area contributed by atoms with Crippen molar-refractivity contribution in [1.29, 1.82) is 0 Å². The summed E-state index contributed by atoms with van der Waals surface area (Å²) in [4.78, 5) is 5.51. The van der Waals surface area contributed by atoms with Gasteiger partial charge in [-0.15, -0.1) is 11.3 Å². The van der Waals surface area contributed by atoms with Crippen LogP contribution in [0.25, 0.3) is 0 Å². The van der Waals surface area contributed by atoms with E-state index in [9.17, 15) is 0 Å². The van der Waals surface area contributed by atoms with E-state index in [1.807, 2.05) is 41.9 Å². The maximum atomic E-state index is 5.25. The van der Waals surface area contributed by atoms with Gasteiger partial charge in [0.1, 0.15) is 17.2 Å². The number of hydrogen-bond donors (Lipinski definition) is 0. The zero-order valence-corrected chi connectivity index (χ0v) is 10.5. The minimum atomic E-state index is 0.735. The van der Waals surface area contributed by atoms with Crippen molar-refractivity contribution in [1.82, 2.24) is 0 Å². The molecule has 2 rings (SSSR count). The van der Waals surface area contributed by atoms with Crippen molar-refractivity contribution < 1.29 is 9.47 Å². The Kier molecular flexibility index (Phi) is 3.77. The van der Waals surface area contributed by atoms with Crippen LogP contribution in [-0.2, 0) is 0 Å². The standard InChI is InChI=1S/C13H13NO2S/c1-15-10-5-6-13(16-2)12(8-10)14-9-11-4-3-7-17-11/h3-9H,1-2H3. The molecule has 1 aromatic carbocycles. The topological polar surface area (TPSA) is 30.8 Å². The minimum Gasteiger partial charge on any atom is -0.497 e. The summed E-state index contributed by atoms with van der Waals surface area (Å²) in [6.07, 6.45) is 1.82. The van der Waals surface area contributed by atoms with Gasteiger partial charge in [0, 0.05) is 17.2 Å². The predicted molar refractivity (Wildman–Crippen MR) is 71.1 cm³/mol. The second kappa shape index (κ2) is 5.50. The third-order valence-corrected chi connectivity index (χ3v) is 3.07. The Labute approximate surface area is 104 Å². The number of hydrogen-bond acceptors (Lipinski definition) is 4. The van der Waals surface area contributed by atoms with E-state index in [0.717, 1.165) is 22.1 Å². The highest BCUT2D eigenvalue weighted by Gasteiger charge is 2.02. The third-order valence-electron chi connectivity index (χ3n) is 2.26. The van der Waals surface area contributed by atoms with Gasteiger partial charge in [0.15, 0.2) is 0 Å². The van der Waals surface area contributed by atoms with E-state index >= 15 is 0 Å². The molecule has 0 amide bonds. The summed E-state index contributed by atoms with van der Waals surface area (Å²) < 4.78 is 10.4. The van der Waals surface area contributed by atoms with Gasteiger partial charge in [-0.2, -0.15) is 0 Å². The second-order valence-electron chi connectivity index (χ2n) is 3.31. The zero-order chi connectivity index (χ0) is 12.1. The zero-order valence-electron chi connectivity index (χ0n) is 9.71. The Hall–Kier alpha value is -1.81. The summed E-state index contributed by atoms with van der Waals surface area (Å²) in [6, 6.07) is 9.56. The molecular formula is C13H13NO2S. The Morgan fingerprint density at radius 2 is 2.06 bits per heavy atom. The average Bonchev–Trinajstić information content (AvgIpc) is 2.89. The van der Waals surface area contributed by atoms with Gasteiger partial charge in [0.2, 0.25) is 0 Å². The first kappa shape index (κ1) is 11.7. The Bertz CT molecular complexity index is 506. The number of ether oxygens (including phenoxy) is 2. The van der Waals surface area contributed by atoms with Gasteiger partial charge < -0.3 is 9.47 Å². The van der Waals surface area contributed by atoms with Crippen molar-refractivity contribution >= 4 is 23.2 Å². The molecule has 0 saturated heterocycles.